The zero-order valence-electron chi connectivity index (χ0n) is 19.7. The summed E-state index contributed by atoms with van der Waals surface area (Å²) < 4.78 is 5.51. The van der Waals surface area contributed by atoms with Crippen LogP contribution in [0.5, 0.6) is 0 Å². The molecule has 7 heteroatoms. The van der Waals surface area contributed by atoms with Crippen LogP contribution in [0, 0.1) is 13.8 Å². The van der Waals surface area contributed by atoms with Crippen LogP contribution in [0.2, 0.25) is 0 Å². The molecule has 0 aromatic carbocycles. The maximum absolute atomic E-state index is 13.2. The van der Waals surface area contributed by atoms with Gasteiger partial charge >= 0.3 is 0 Å². The van der Waals surface area contributed by atoms with Gasteiger partial charge in [-0.3, -0.25) is 14.5 Å². The minimum absolute atomic E-state index is 0.0885. The zero-order valence-corrected chi connectivity index (χ0v) is 19.7. The van der Waals surface area contributed by atoms with E-state index in [9.17, 15) is 9.59 Å². The molecule has 1 unspecified atom stereocenters. The lowest BCUT2D eigenvalue weighted by molar-refractivity contribution is -0.117. The van der Waals surface area contributed by atoms with Gasteiger partial charge in [0.05, 0.1) is 13.2 Å². The third-order valence-electron chi connectivity index (χ3n) is 6.25. The summed E-state index contributed by atoms with van der Waals surface area (Å²) >= 11 is 0. The molecule has 172 valence electrons. The molecule has 1 atom stereocenters. The molecular formula is C25H34N4O3. The van der Waals surface area contributed by atoms with E-state index in [4.69, 9.17) is 4.74 Å². The van der Waals surface area contributed by atoms with Gasteiger partial charge in [-0.1, -0.05) is 12.7 Å². The van der Waals surface area contributed by atoms with Crippen LogP contribution >= 0.6 is 0 Å². The van der Waals surface area contributed by atoms with Gasteiger partial charge in [0.2, 0.25) is 0 Å². The Morgan fingerprint density at radius 1 is 1.31 bits per heavy atom. The molecule has 7 nitrogen and oxygen atoms in total. The number of aromatic nitrogens is 1. The number of allylic oxidation sites excluding steroid dienone is 2. The molecule has 3 rings (SSSR count). The van der Waals surface area contributed by atoms with Gasteiger partial charge in [-0.05, 0) is 57.9 Å². The molecule has 0 saturated carbocycles. The average molecular weight is 439 g/mol. The number of rotatable bonds is 6. The van der Waals surface area contributed by atoms with E-state index < -0.39 is 0 Å². The van der Waals surface area contributed by atoms with Crippen molar-refractivity contribution in [2.75, 3.05) is 26.3 Å². The second kappa shape index (κ2) is 10.1. The quantitative estimate of drug-likeness (QED) is 0.714. The number of hydrogen-bond acceptors (Lipinski definition) is 5. The van der Waals surface area contributed by atoms with E-state index in [2.05, 4.69) is 33.6 Å². The number of aryl methyl sites for hydroxylation is 2. The average Bonchev–Trinajstić information content (AvgIpc) is 2.77. The highest BCUT2D eigenvalue weighted by atomic mass is 16.5. The van der Waals surface area contributed by atoms with Crippen molar-refractivity contribution in [3.8, 4) is 0 Å². The Morgan fingerprint density at radius 3 is 2.59 bits per heavy atom. The Bertz CT molecular complexity index is 1040. The molecule has 2 aliphatic heterocycles. The number of morpholine rings is 1. The fourth-order valence-electron chi connectivity index (χ4n) is 4.46. The Labute approximate surface area is 190 Å². The Balaban J connectivity index is 1.91. The standard InChI is InChI=1S/C25H34N4O3/c1-7-20-14-21(24(30)26-15-22-16(3)13-17(4)27-25(22)31)18(5)23(29(20)8-2)19(6)28-9-11-32-12-10-28/h7-8,13-14,19H,2,9-12,15H2,1,3-6H3,(H,26,30)(H,27,31)/b20-7-. The molecule has 32 heavy (non-hydrogen) atoms. The van der Waals surface area contributed by atoms with E-state index >= 15 is 0 Å². The lowest BCUT2D eigenvalue weighted by Crippen LogP contribution is -2.46. The second-order valence-electron chi connectivity index (χ2n) is 8.28. The van der Waals surface area contributed by atoms with Crippen molar-refractivity contribution >= 4 is 5.91 Å². The molecule has 0 aliphatic carbocycles. The first-order valence-electron chi connectivity index (χ1n) is 11.1. The SMILES string of the molecule is C=CN1C(C(C)N2CCOCC2)=C(C)C(C(=O)NCc2c(C)cc(C)[nH]c2=O)=C/C1=C/C. The maximum Gasteiger partial charge on any atom is 0.253 e. The van der Waals surface area contributed by atoms with Gasteiger partial charge in [0, 0.05) is 60.1 Å². The van der Waals surface area contributed by atoms with Crippen LogP contribution in [-0.4, -0.2) is 53.0 Å². The van der Waals surface area contributed by atoms with Crippen molar-refractivity contribution in [2.24, 2.45) is 0 Å². The van der Waals surface area contributed by atoms with Crippen LogP contribution in [0.1, 0.15) is 37.6 Å². The first-order valence-corrected chi connectivity index (χ1v) is 11.1. The normalized spacial score (nSPS) is 19.7. The third kappa shape index (κ3) is 4.79. The molecule has 2 N–H and O–H groups in total. The van der Waals surface area contributed by atoms with E-state index in [0.29, 0.717) is 24.4 Å². The number of nitrogens with zero attached hydrogens (tertiary/aromatic N) is 2. The van der Waals surface area contributed by atoms with Gasteiger partial charge < -0.3 is 19.9 Å². The van der Waals surface area contributed by atoms with Crippen molar-refractivity contribution in [3.63, 3.8) is 0 Å². The molecule has 0 radical (unpaired) electrons. The monoisotopic (exact) mass is 438 g/mol. The summed E-state index contributed by atoms with van der Waals surface area (Å²) in [6.07, 6.45) is 5.65. The van der Waals surface area contributed by atoms with Gasteiger partial charge in [-0.2, -0.15) is 0 Å². The Morgan fingerprint density at radius 2 is 2.00 bits per heavy atom. The third-order valence-corrected chi connectivity index (χ3v) is 6.25. The lowest BCUT2D eigenvalue weighted by atomic mass is 9.94. The smallest absolute Gasteiger partial charge is 0.253 e. The molecule has 1 aromatic rings. The van der Waals surface area contributed by atoms with E-state index in [1.54, 1.807) is 6.20 Å². The molecule has 0 spiro atoms. The summed E-state index contributed by atoms with van der Waals surface area (Å²) in [7, 11) is 0. The molecule has 1 saturated heterocycles. The minimum atomic E-state index is -0.198. The van der Waals surface area contributed by atoms with E-state index in [1.807, 2.05) is 45.9 Å². The first kappa shape index (κ1) is 23.8. The predicted molar refractivity (Wildman–Crippen MR) is 127 cm³/mol. The second-order valence-corrected chi connectivity index (χ2v) is 8.28. The molecular weight excluding hydrogens is 404 g/mol. The Kier molecular flexibility index (Phi) is 7.53. The molecule has 1 aromatic heterocycles. The molecule has 1 fully saturated rings. The number of pyridine rings is 1. The fourth-order valence-corrected chi connectivity index (χ4v) is 4.46. The maximum atomic E-state index is 13.2. The van der Waals surface area contributed by atoms with Crippen molar-refractivity contribution in [2.45, 2.75) is 47.2 Å². The summed E-state index contributed by atoms with van der Waals surface area (Å²) in [5.41, 5.74) is 5.52. The van der Waals surface area contributed by atoms with Crippen LogP contribution < -0.4 is 10.9 Å². The van der Waals surface area contributed by atoms with Gasteiger partial charge in [-0.15, -0.1) is 0 Å². The van der Waals surface area contributed by atoms with E-state index in [-0.39, 0.29) is 24.1 Å². The van der Waals surface area contributed by atoms with Crippen LogP contribution in [0.15, 0.2) is 58.3 Å². The predicted octanol–water partition coefficient (Wildman–Crippen LogP) is 2.89. The largest absolute Gasteiger partial charge is 0.379 e. The van der Waals surface area contributed by atoms with Crippen LogP contribution in [-0.2, 0) is 16.1 Å². The van der Waals surface area contributed by atoms with Crippen molar-refractivity contribution in [1.29, 1.82) is 0 Å². The summed E-state index contributed by atoms with van der Waals surface area (Å²) in [4.78, 5) is 32.8. The number of ether oxygens (including phenoxy) is 1. The lowest BCUT2D eigenvalue weighted by Gasteiger charge is -2.40. The zero-order chi connectivity index (χ0) is 23.4. The van der Waals surface area contributed by atoms with Crippen molar-refractivity contribution < 1.29 is 9.53 Å². The Hall–Kier alpha value is -2.90. The van der Waals surface area contributed by atoms with E-state index in [1.165, 1.54) is 0 Å². The fraction of sp³-hybridized carbons (Fsp3) is 0.440. The number of nitrogens with one attached hydrogen (secondary N) is 2. The molecule has 3 heterocycles. The topological polar surface area (TPSA) is 77.7 Å². The van der Waals surface area contributed by atoms with Gasteiger partial charge in [-0.25, -0.2) is 0 Å². The molecule has 2 aliphatic rings. The number of carbonyl (C=O) groups is 1. The van der Waals surface area contributed by atoms with Crippen LogP contribution in [0.25, 0.3) is 0 Å². The van der Waals surface area contributed by atoms with Gasteiger partial charge in [0.25, 0.3) is 11.5 Å². The number of H-pyrrole nitrogens is 1. The highest BCUT2D eigenvalue weighted by molar-refractivity contribution is 5.98. The molecule has 0 bridgehead atoms. The van der Waals surface area contributed by atoms with Crippen LogP contribution in [0.4, 0.5) is 0 Å². The highest BCUT2D eigenvalue weighted by Gasteiger charge is 2.31. The number of carbonyl (C=O) groups excluding carboxylic acids is 1. The van der Waals surface area contributed by atoms with E-state index in [0.717, 1.165) is 41.3 Å². The first-order chi connectivity index (χ1) is 15.3. The van der Waals surface area contributed by atoms with Crippen molar-refractivity contribution in [1.82, 2.24) is 20.1 Å². The highest BCUT2D eigenvalue weighted by Crippen LogP contribution is 2.33. The minimum Gasteiger partial charge on any atom is -0.379 e. The summed E-state index contributed by atoms with van der Waals surface area (Å²) in [5.74, 6) is -0.198. The number of amides is 1. The summed E-state index contributed by atoms with van der Waals surface area (Å²) in [6, 6.07) is 2.00. The van der Waals surface area contributed by atoms with Crippen LogP contribution in [0.3, 0.4) is 0 Å². The number of aromatic amines is 1. The summed E-state index contributed by atoms with van der Waals surface area (Å²) in [6.45, 7) is 17.1. The van der Waals surface area contributed by atoms with Gasteiger partial charge in [0.15, 0.2) is 0 Å². The summed E-state index contributed by atoms with van der Waals surface area (Å²) in [5, 5.41) is 2.95. The van der Waals surface area contributed by atoms with Gasteiger partial charge in [0.1, 0.15) is 0 Å². The number of hydrogen-bond donors (Lipinski definition) is 2. The van der Waals surface area contributed by atoms with Crippen molar-refractivity contribution in [3.05, 3.63) is 80.7 Å². The molecule has 1 amide bonds.